The van der Waals surface area contributed by atoms with E-state index >= 15 is 0 Å². The Bertz CT molecular complexity index is 336. The van der Waals surface area contributed by atoms with Gasteiger partial charge in [0.1, 0.15) is 6.29 Å². The van der Waals surface area contributed by atoms with Crippen LogP contribution >= 0.6 is 11.8 Å². The van der Waals surface area contributed by atoms with E-state index in [9.17, 15) is 18.0 Å². The number of carbonyl (C=O) groups is 1. The summed E-state index contributed by atoms with van der Waals surface area (Å²) in [7, 11) is 0. The highest BCUT2D eigenvalue weighted by molar-refractivity contribution is 7.99. The van der Waals surface area contributed by atoms with Crippen LogP contribution in [0.3, 0.4) is 0 Å². The third-order valence-corrected chi connectivity index (χ3v) is 2.69. The van der Waals surface area contributed by atoms with Crippen LogP contribution in [-0.4, -0.2) is 12.0 Å². The quantitative estimate of drug-likeness (QED) is 0.451. The molecule has 0 unspecified atom stereocenters. The summed E-state index contributed by atoms with van der Waals surface area (Å²) in [5.74, 6) is 0.505. The van der Waals surface area contributed by atoms with Gasteiger partial charge in [0.15, 0.2) is 0 Å². The van der Waals surface area contributed by atoms with Crippen LogP contribution in [0.1, 0.15) is 12.0 Å². The Kier molecular flexibility index (Phi) is 4.20. The highest BCUT2D eigenvalue weighted by Gasteiger charge is 2.30. The molecule has 0 amide bonds. The molecule has 0 aliphatic heterocycles. The molecule has 0 N–H and O–H groups in total. The fraction of sp³-hybridized carbons (Fsp3) is 0.300. The zero-order chi connectivity index (χ0) is 11.3. The Morgan fingerprint density at radius 1 is 1.33 bits per heavy atom. The summed E-state index contributed by atoms with van der Waals surface area (Å²) < 4.78 is 36.9. The van der Waals surface area contributed by atoms with E-state index in [1.807, 2.05) is 0 Å². The monoisotopic (exact) mass is 234 g/mol. The molecule has 1 rings (SSSR count). The number of halogens is 3. The lowest BCUT2D eigenvalue weighted by atomic mass is 10.2. The summed E-state index contributed by atoms with van der Waals surface area (Å²) in [6.07, 6.45) is -3.21. The van der Waals surface area contributed by atoms with E-state index in [1.54, 1.807) is 6.07 Å². The average Bonchev–Trinajstić information content (AvgIpc) is 2.17. The summed E-state index contributed by atoms with van der Waals surface area (Å²) in [5, 5.41) is 0. The van der Waals surface area contributed by atoms with Crippen LogP contribution in [0.5, 0.6) is 0 Å². The van der Waals surface area contributed by atoms with Gasteiger partial charge in [-0.15, -0.1) is 11.8 Å². The Hall–Kier alpha value is -0.970. The second-order valence-corrected chi connectivity index (χ2v) is 4.00. The molecular formula is C10H9F3OS. The SMILES string of the molecule is O=CCCSc1cccc(C(F)(F)F)c1. The molecule has 0 heterocycles. The fourth-order valence-electron chi connectivity index (χ4n) is 0.987. The first-order valence-electron chi connectivity index (χ1n) is 4.28. The van der Waals surface area contributed by atoms with E-state index in [2.05, 4.69) is 0 Å². The first-order valence-corrected chi connectivity index (χ1v) is 5.26. The molecule has 0 aliphatic carbocycles. The molecule has 0 aliphatic rings. The second-order valence-electron chi connectivity index (χ2n) is 2.83. The maximum atomic E-state index is 12.3. The Balaban J connectivity index is 2.70. The lowest BCUT2D eigenvalue weighted by molar-refractivity contribution is -0.137. The minimum atomic E-state index is -4.30. The smallest absolute Gasteiger partial charge is 0.303 e. The molecule has 0 bridgehead atoms. The van der Waals surface area contributed by atoms with E-state index in [4.69, 9.17) is 0 Å². The Labute approximate surface area is 89.7 Å². The molecule has 0 atom stereocenters. The molecule has 1 aromatic carbocycles. The van der Waals surface area contributed by atoms with Gasteiger partial charge in [-0.1, -0.05) is 6.07 Å². The van der Waals surface area contributed by atoms with Gasteiger partial charge in [0.05, 0.1) is 5.56 Å². The van der Waals surface area contributed by atoms with Crippen LogP contribution in [-0.2, 0) is 11.0 Å². The molecule has 0 saturated carbocycles. The van der Waals surface area contributed by atoms with Crippen LogP contribution in [0, 0.1) is 0 Å². The Morgan fingerprint density at radius 2 is 2.07 bits per heavy atom. The van der Waals surface area contributed by atoms with Crippen molar-refractivity contribution in [1.82, 2.24) is 0 Å². The van der Waals surface area contributed by atoms with Gasteiger partial charge in [0.25, 0.3) is 0 Å². The van der Waals surface area contributed by atoms with E-state index in [0.717, 1.165) is 18.4 Å². The largest absolute Gasteiger partial charge is 0.416 e. The number of hydrogen-bond acceptors (Lipinski definition) is 2. The zero-order valence-electron chi connectivity index (χ0n) is 7.75. The lowest BCUT2D eigenvalue weighted by Crippen LogP contribution is -2.04. The number of benzene rings is 1. The second kappa shape index (κ2) is 5.21. The maximum absolute atomic E-state index is 12.3. The van der Waals surface area contributed by atoms with Crippen LogP contribution < -0.4 is 0 Å². The van der Waals surface area contributed by atoms with Crippen molar-refractivity contribution in [2.75, 3.05) is 5.75 Å². The van der Waals surface area contributed by atoms with Gasteiger partial charge in [0.2, 0.25) is 0 Å². The first-order chi connectivity index (χ1) is 7.04. The zero-order valence-corrected chi connectivity index (χ0v) is 8.57. The van der Waals surface area contributed by atoms with Crippen molar-refractivity contribution in [3.05, 3.63) is 29.8 Å². The van der Waals surface area contributed by atoms with Crippen LogP contribution in [0.2, 0.25) is 0 Å². The van der Waals surface area contributed by atoms with Gasteiger partial charge >= 0.3 is 6.18 Å². The topological polar surface area (TPSA) is 17.1 Å². The summed E-state index contributed by atoms with van der Waals surface area (Å²) in [6, 6.07) is 5.09. The minimum absolute atomic E-state index is 0.348. The summed E-state index contributed by atoms with van der Waals surface area (Å²) >= 11 is 1.24. The average molecular weight is 234 g/mol. The third kappa shape index (κ3) is 3.95. The predicted octanol–water partition coefficient (Wildman–Crippen LogP) is 3.39. The first kappa shape index (κ1) is 12.1. The normalized spacial score (nSPS) is 11.4. The number of rotatable bonds is 4. The van der Waals surface area contributed by atoms with Crippen molar-refractivity contribution in [2.24, 2.45) is 0 Å². The lowest BCUT2D eigenvalue weighted by Gasteiger charge is -2.07. The van der Waals surface area contributed by atoms with Gasteiger partial charge in [-0.3, -0.25) is 0 Å². The molecule has 1 nitrogen and oxygen atoms in total. The van der Waals surface area contributed by atoms with Crippen molar-refractivity contribution < 1.29 is 18.0 Å². The van der Waals surface area contributed by atoms with E-state index in [-0.39, 0.29) is 0 Å². The van der Waals surface area contributed by atoms with Crippen LogP contribution in [0.15, 0.2) is 29.2 Å². The standard InChI is InChI=1S/C10H9F3OS/c11-10(12,13)8-3-1-4-9(7-8)15-6-2-5-14/h1,3-5,7H,2,6H2. The van der Waals surface area contributed by atoms with E-state index in [0.29, 0.717) is 17.1 Å². The van der Waals surface area contributed by atoms with Gasteiger partial charge in [-0.2, -0.15) is 13.2 Å². The van der Waals surface area contributed by atoms with E-state index in [1.165, 1.54) is 17.8 Å². The van der Waals surface area contributed by atoms with Crippen LogP contribution in [0.25, 0.3) is 0 Å². The molecule has 0 radical (unpaired) electrons. The molecular weight excluding hydrogens is 225 g/mol. The molecule has 0 saturated heterocycles. The molecule has 0 fully saturated rings. The molecule has 0 spiro atoms. The van der Waals surface area contributed by atoms with Gasteiger partial charge in [-0.25, -0.2) is 0 Å². The maximum Gasteiger partial charge on any atom is 0.416 e. The van der Waals surface area contributed by atoms with Crippen molar-refractivity contribution in [1.29, 1.82) is 0 Å². The molecule has 15 heavy (non-hydrogen) atoms. The van der Waals surface area contributed by atoms with E-state index < -0.39 is 11.7 Å². The molecule has 1 aromatic rings. The number of aldehydes is 1. The fourth-order valence-corrected chi connectivity index (χ4v) is 1.82. The van der Waals surface area contributed by atoms with Crippen molar-refractivity contribution in [3.8, 4) is 0 Å². The highest BCUT2D eigenvalue weighted by Crippen LogP contribution is 2.31. The summed E-state index contributed by atoms with van der Waals surface area (Å²) in [6.45, 7) is 0. The predicted molar refractivity (Wildman–Crippen MR) is 52.8 cm³/mol. The number of carbonyl (C=O) groups excluding carboxylic acids is 1. The van der Waals surface area contributed by atoms with Crippen molar-refractivity contribution in [3.63, 3.8) is 0 Å². The number of alkyl halides is 3. The highest BCUT2D eigenvalue weighted by atomic mass is 32.2. The number of hydrogen-bond donors (Lipinski definition) is 0. The summed E-state index contributed by atoms with van der Waals surface area (Å²) in [5.41, 5.74) is -0.654. The third-order valence-electron chi connectivity index (χ3n) is 1.67. The van der Waals surface area contributed by atoms with Gasteiger partial charge in [0, 0.05) is 17.1 Å². The van der Waals surface area contributed by atoms with Gasteiger partial charge in [-0.05, 0) is 18.2 Å². The number of thioether (sulfide) groups is 1. The molecule has 82 valence electrons. The van der Waals surface area contributed by atoms with Crippen molar-refractivity contribution in [2.45, 2.75) is 17.5 Å². The summed E-state index contributed by atoms with van der Waals surface area (Å²) in [4.78, 5) is 10.6. The Morgan fingerprint density at radius 3 is 2.67 bits per heavy atom. The van der Waals surface area contributed by atoms with Gasteiger partial charge < -0.3 is 4.79 Å². The minimum Gasteiger partial charge on any atom is -0.303 e. The molecule has 5 heteroatoms. The molecule has 0 aromatic heterocycles. The van der Waals surface area contributed by atoms with Crippen molar-refractivity contribution >= 4 is 18.0 Å². The van der Waals surface area contributed by atoms with Crippen LogP contribution in [0.4, 0.5) is 13.2 Å².